The number of para-hydroxylation sites is 1. The van der Waals surface area contributed by atoms with E-state index in [2.05, 4.69) is 10.5 Å². The first-order valence-corrected chi connectivity index (χ1v) is 5.34. The first-order valence-electron chi connectivity index (χ1n) is 5.34. The lowest BCUT2D eigenvalue weighted by molar-refractivity contribution is 0.433. The van der Waals surface area contributed by atoms with Crippen molar-refractivity contribution in [1.82, 2.24) is 0 Å². The van der Waals surface area contributed by atoms with E-state index in [9.17, 15) is 9.90 Å². The Morgan fingerprint density at radius 1 is 1.33 bits per heavy atom. The summed E-state index contributed by atoms with van der Waals surface area (Å²) >= 11 is 0. The van der Waals surface area contributed by atoms with Crippen LogP contribution in [0.2, 0.25) is 0 Å². The molecule has 0 unspecified atom stereocenters. The number of aryl methyl sites for hydroxylation is 1. The summed E-state index contributed by atoms with van der Waals surface area (Å²) in [4.78, 5) is 11.5. The van der Waals surface area contributed by atoms with Crippen LogP contribution in [0, 0.1) is 6.92 Å². The van der Waals surface area contributed by atoms with Crippen LogP contribution < -0.4 is 11.1 Å². The normalized spacial score (nSPS) is 10.7. The van der Waals surface area contributed by atoms with Gasteiger partial charge in [-0.3, -0.25) is 5.43 Å². The minimum Gasteiger partial charge on any atom is -0.507 e. The zero-order valence-electron chi connectivity index (χ0n) is 9.75. The van der Waals surface area contributed by atoms with Gasteiger partial charge in [0.05, 0.1) is 11.9 Å². The van der Waals surface area contributed by atoms with E-state index in [0.717, 1.165) is 5.69 Å². The number of benzene rings is 1. The van der Waals surface area contributed by atoms with Crippen molar-refractivity contribution >= 4 is 11.9 Å². The smallest absolute Gasteiger partial charge is 0.348 e. The van der Waals surface area contributed by atoms with Crippen molar-refractivity contribution in [2.75, 3.05) is 5.43 Å². The number of hydrogen-bond acceptors (Lipinski definition) is 5. The van der Waals surface area contributed by atoms with Gasteiger partial charge in [-0.2, -0.15) is 5.10 Å². The van der Waals surface area contributed by atoms with Crippen molar-refractivity contribution in [2.24, 2.45) is 5.10 Å². The highest BCUT2D eigenvalue weighted by molar-refractivity contribution is 5.83. The molecule has 2 aromatic rings. The monoisotopic (exact) mass is 244 g/mol. The molecule has 2 N–H and O–H groups in total. The van der Waals surface area contributed by atoms with Crippen molar-refractivity contribution in [2.45, 2.75) is 6.92 Å². The molecule has 5 nitrogen and oxygen atoms in total. The fraction of sp³-hybridized carbons (Fsp3) is 0.0769. The molecular formula is C13H12N2O3. The first kappa shape index (κ1) is 11.9. The SMILES string of the molecule is Cc1cc(O)c(/C=N\Nc2ccccc2)c(=O)o1. The van der Waals surface area contributed by atoms with Gasteiger partial charge in [0.1, 0.15) is 17.1 Å². The first-order chi connectivity index (χ1) is 8.66. The standard InChI is InChI=1S/C13H12N2O3/c1-9-7-12(16)11(13(17)18-9)8-14-15-10-5-3-2-4-6-10/h2-8,15-16H,1H3/b14-8-. The summed E-state index contributed by atoms with van der Waals surface area (Å²) in [6.07, 6.45) is 1.23. The van der Waals surface area contributed by atoms with E-state index < -0.39 is 5.63 Å². The Bertz CT molecular complexity index is 618. The third-order valence-electron chi connectivity index (χ3n) is 2.25. The highest BCUT2D eigenvalue weighted by Gasteiger charge is 2.06. The molecular weight excluding hydrogens is 232 g/mol. The molecule has 0 aliphatic carbocycles. The van der Waals surface area contributed by atoms with Crippen LogP contribution in [0.4, 0.5) is 5.69 Å². The third kappa shape index (κ3) is 2.76. The largest absolute Gasteiger partial charge is 0.507 e. The van der Waals surface area contributed by atoms with Gasteiger partial charge >= 0.3 is 5.63 Å². The molecule has 0 aliphatic rings. The van der Waals surface area contributed by atoms with Gasteiger partial charge < -0.3 is 9.52 Å². The molecule has 1 aromatic carbocycles. The molecule has 1 aromatic heterocycles. The predicted molar refractivity (Wildman–Crippen MR) is 69.0 cm³/mol. The van der Waals surface area contributed by atoms with Crippen molar-refractivity contribution in [3.8, 4) is 5.75 Å². The Hall–Kier alpha value is -2.56. The molecule has 0 aliphatic heterocycles. The van der Waals surface area contributed by atoms with E-state index in [4.69, 9.17) is 4.42 Å². The number of rotatable bonds is 3. The Kier molecular flexibility index (Phi) is 3.43. The Morgan fingerprint density at radius 3 is 2.72 bits per heavy atom. The lowest BCUT2D eigenvalue weighted by Gasteiger charge is -2.00. The fourth-order valence-corrected chi connectivity index (χ4v) is 1.41. The number of nitrogens with zero attached hydrogens (tertiary/aromatic N) is 1. The molecule has 0 saturated carbocycles. The Labute approximate surface area is 103 Å². The van der Waals surface area contributed by atoms with E-state index in [0.29, 0.717) is 5.76 Å². The van der Waals surface area contributed by atoms with Crippen LogP contribution in [0.3, 0.4) is 0 Å². The van der Waals surface area contributed by atoms with Gasteiger partial charge in [0.15, 0.2) is 0 Å². The second-order valence-corrected chi connectivity index (χ2v) is 3.68. The molecule has 0 atom stereocenters. The van der Waals surface area contributed by atoms with E-state index >= 15 is 0 Å². The molecule has 5 heteroatoms. The molecule has 0 radical (unpaired) electrons. The third-order valence-corrected chi connectivity index (χ3v) is 2.25. The topological polar surface area (TPSA) is 74.8 Å². The number of nitrogens with one attached hydrogen (secondary N) is 1. The summed E-state index contributed by atoms with van der Waals surface area (Å²) in [6.45, 7) is 1.59. The van der Waals surface area contributed by atoms with Crippen LogP contribution >= 0.6 is 0 Å². The summed E-state index contributed by atoms with van der Waals surface area (Å²) in [7, 11) is 0. The Balaban J connectivity index is 2.18. The number of hydrogen-bond donors (Lipinski definition) is 2. The second kappa shape index (κ2) is 5.18. The molecule has 0 saturated heterocycles. The summed E-state index contributed by atoms with van der Waals surface area (Å²) in [6, 6.07) is 10.6. The zero-order chi connectivity index (χ0) is 13.0. The van der Waals surface area contributed by atoms with Crippen LogP contribution in [0.25, 0.3) is 0 Å². The maximum atomic E-state index is 11.5. The summed E-state index contributed by atoms with van der Waals surface area (Å²) in [5, 5.41) is 13.5. The molecule has 1 heterocycles. The fourth-order valence-electron chi connectivity index (χ4n) is 1.41. The quantitative estimate of drug-likeness (QED) is 0.640. The molecule has 92 valence electrons. The second-order valence-electron chi connectivity index (χ2n) is 3.68. The van der Waals surface area contributed by atoms with E-state index in [1.807, 2.05) is 30.3 Å². The van der Waals surface area contributed by atoms with E-state index in [1.165, 1.54) is 12.3 Å². The van der Waals surface area contributed by atoms with Gasteiger partial charge in [-0.25, -0.2) is 4.79 Å². The summed E-state index contributed by atoms with van der Waals surface area (Å²) < 4.78 is 4.86. The molecule has 0 fully saturated rings. The van der Waals surface area contributed by atoms with Crippen molar-refractivity contribution in [1.29, 1.82) is 0 Å². The minimum absolute atomic E-state index is 0.0176. The van der Waals surface area contributed by atoms with Gasteiger partial charge in [0, 0.05) is 6.07 Å². The van der Waals surface area contributed by atoms with Crippen LogP contribution in [-0.2, 0) is 0 Å². The molecule has 2 rings (SSSR count). The summed E-state index contributed by atoms with van der Waals surface area (Å²) in [5.74, 6) is 0.202. The highest BCUT2D eigenvalue weighted by atomic mass is 16.4. The summed E-state index contributed by atoms with van der Waals surface area (Å²) in [5.41, 5.74) is 2.92. The minimum atomic E-state index is -0.619. The van der Waals surface area contributed by atoms with Crippen molar-refractivity contribution < 1.29 is 9.52 Å². The molecule has 0 bridgehead atoms. The lowest BCUT2D eigenvalue weighted by Crippen LogP contribution is -2.08. The predicted octanol–water partition coefficient (Wildman–Crippen LogP) is 2.10. The average Bonchev–Trinajstić information content (AvgIpc) is 2.34. The van der Waals surface area contributed by atoms with Crippen LogP contribution in [0.15, 0.2) is 50.7 Å². The number of anilines is 1. The van der Waals surface area contributed by atoms with Crippen LogP contribution in [0.5, 0.6) is 5.75 Å². The number of aromatic hydroxyl groups is 1. The van der Waals surface area contributed by atoms with Gasteiger partial charge in [-0.1, -0.05) is 18.2 Å². The average molecular weight is 244 g/mol. The Morgan fingerprint density at radius 2 is 2.06 bits per heavy atom. The van der Waals surface area contributed by atoms with Crippen molar-refractivity contribution in [3.63, 3.8) is 0 Å². The highest BCUT2D eigenvalue weighted by Crippen LogP contribution is 2.12. The van der Waals surface area contributed by atoms with E-state index in [-0.39, 0.29) is 11.3 Å². The van der Waals surface area contributed by atoms with Gasteiger partial charge in [-0.15, -0.1) is 0 Å². The molecule has 0 spiro atoms. The van der Waals surface area contributed by atoms with Crippen molar-refractivity contribution in [3.05, 3.63) is 58.1 Å². The maximum absolute atomic E-state index is 11.5. The lowest BCUT2D eigenvalue weighted by atomic mass is 10.2. The van der Waals surface area contributed by atoms with Crippen LogP contribution in [-0.4, -0.2) is 11.3 Å². The number of hydrazone groups is 1. The zero-order valence-corrected chi connectivity index (χ0v) is 9.75. The van der Waals surface area contributed by atoms with Crippen LogP contribution in [0.1, 0.15) is 11.3 Å². The maximum Gasteiger partial charge on any atom is 0.348 e. The molecule has 0 amide bonds. The van der Waals surface area contributed by atoms with Gasteiger partial charge in [0.2, 0.25) is 0 Å². The van der Waals surface area contributed by atoms with Gasteiger partial charge in [0.25, 0.3) is 0 Å². The molecule has 18 heavy (non-hydrogen) atoms. The van der Waals surface area contributed by atoms with E-state index in [1.54, 1.807) is 6.92 Å². The van der Waals surface area contributed by atoms with Gasteiger partial charge in [-0.05, 0) is 19.1 Å².